The number of hydrogen-bond acceptors (Lipinski definition) is 5. The fourth-order valence-corrected chi connectivity index (χ4v) is 4.76. The number of likely N-dealkylation sites (N-methyl/N-ethyl adjacent to an activating group) is 1. The Hall–Kier alpha value is -1.28. The maximum atomic E-state index is 13.0. The van der Waals surface area contributed by atoms with Crippen LogP contribution < -0.4 is 0 Å². The highest BCUT2D eigenvalue weighted by Crippen LogP contribution is 2.29. The summed E-state index contributed by atoms with van der Waals surface area (Å²) in [5, 5.41) is 9.03. The van der Waals surface area contributed by atoms with Gasteiger partial charge in [0.1, 0.15) is 6.04 Å². The number of carboxylic acids is 1. The minimum Gasteiger partial charge on any atom is -0.480 e. The highest BCUT2D eigenvalue weighted by Gasteiger charge is 2.41. The maximum Gasteiger partial charge on any atom is 0.317 e. The highest BCUT2D eigenvalue weighted by atomic mass is 32.2. The average molecular weight is 386 g/mol. The summed E-state index contributed by atoms with van der Waals surface area (Å²) in [4.78, 5) is 42.1. The van der Waals surface area contributed by atoms with E-state index in [0.717, 1.165) is 12.8 Å². The third-order valence-corrected chi connectivity index (χ3v) is 6.12. The predicted octanol–water partition coefficient (Wildman–Crippen LogP) is 1.33. The zero-order chi connectivity index (χ0) is 19.5. The molecular formula is C18H31N3O4S. The van der Waals surface area contributed by atoms with Gasteiger partial charge in [0.2, 0.25) is 11.8 Å². The van der Waals surface area contributed by atoms with Gasteiger partial charge in [-0.1, -0.05) is 27.7 Å². The Morgan fingerprint density at radius 1 is 1.19 bits per heavy atom. The van der Waals surface area contributed by atoms with Crippen LogP contribution in [-0.4, -0.2) is 87.5 Å². The fourth-order valence-electron chi connectivity index (χ4n) is 3.61. The van der Waals surface area contributed by atoms with E-state index in [0.29, 0.717) is 31.3 Å². The summed E-state index contributed by atoms with van der Waals surface area (Å²) in [6.07, 6.45) is 1.56. The number of amides is 2. The van der Waals surface area contributed by atoms with Crippen LogP contribution in [0, 0.1) is 5.41 Å². The molecule has 0 bridgehead atoms. The molecule has 0 spiro atoms. The molecule has 8 heteroatoms. The maximum absolute atomic E-state index is 13.0. The first-order valence-corrected chi connectivity index (χ1v) is 10.4. The molecule has 0 aromatic heterocycles. The molecule has 0 aromatic rings. The molecule has 1 N–H and O–H groups in total. The highest BCUT2D eigenvalue weighted by molar-refractivity contribution is 7.99. The van der Waals surface area contributed by atoms with Crippen LogP contribution in [0.4, 0.5) is 0 Å². The van der Waals surface area contributed by atoms with Crippen molar-refractivity contribution in [3.63, 3.8) is 0 Å². The lowest BCUT2D eigenvalue weighted by atomic mass is 9.94. The lowest BCUT2D eigenvalue weighted by molar-refractivity contribution is -0.148. The van der Waals surface area contributed by atoms with Gasteiger partial charge < -0.3 is 14.9 Å². The summed E-state index contributed by atoms with van der Waals surface area (Å²) in [5.41, 5.74) is -0.491. The third-order valence-electron chi connectivity index (χ3n) is 5.11. The van der Waals surface area contributed by atoms with Gasteiger partial charge in [0, 0.05) is 30.3 Å². The zero-order valence-corrected chi connectivity index (χ0v) is 17.0. The van der Waals surface area contributed by atoms with Crippen molar-refractivity contribution in [2.45, 2.75) is 52.6 Å². The number of piperidine rings is 1. The second-order valence-corrected chi connectivity index (χ2v) is 9.05. The molecule has 1 atom stereocenters. The van der Waals surface area contributed by atoms with Gasteiger partial charge in [-0.15, -0.1) is 11.8 Å². The molecule has 26 heavy (non-hydrogen) atoms. The summed E-state index contributed by atoms with van der Waals surface area (Å²) >= 11 is 1.63. The Morgan fingerprint density at radius 3 is 2.31 bits per heavy atom. The standard InChI is InChI=1S/C18H31N3O4S/c1-5-19(10-15(22)23)13-6-8-20(9-7-13)16(24)14-11-26-12-21(14)17(25)18(2,3)4/h13-14H,5-12H2,1-4H3,(H,22,23). The van der Waals surface area contributed by atoms with Crippen LogP contribution in [-0.2, 0) is 14.4 Å². The lowest BCUT2D eigenvalue weighted by Crippen LogP contribution is -2.54. The first-order chi connectivity index (χ1) is 12.1. The van der Waals surface area contributed by atoms with Crippen molar-refractivity contribution in [2.75, 3.05) is 37.8 Å². The summed E-state index contributed by atoms with van der Waals surface area (Å²) in [7, 11) is 0. The number of likely N-dealkylation sites (tertiary alicyclic amines) is 1. The number of aliphatic carboxylic acids is 1. The second kappa shape index (κ2) is 8.61. The van der Waals surface area contributed by atoms with Crippen molar-refractivity contribution < 1.29 is 19.5 Å². The lowest BCUT2D eigenvalue weighted by Gasteiger charge is -2.39. The van der Waals surface area contributed by atoms with Gasteiger partial charge in [-0.3, -0.25) is 19.3 Å². The van der Waals surface area contributed by atoms with E-state index < -0.39 is 11.4 Å². The topological polar surface area (TPSA) is 81.2 Å². The van der Waals surface area contributed by atoms with Crippen LogP contribution in [0.3, 0.4) is 0 Å². The molecule has 2 aliphatic heterocycles. The predicted molar refractivity (Wildman–Crippen MR) is 102 cm³/mol. The molecule has 2 fully saturated rings. The minimum absolute atomic E-state index is 0.0225. The third kappa shape index (κ3) is 4.91. The van der Waals surface area contributed by atoms with Crippen LogP contribution in [0.15, 0.2) is 0 Å². The van der Waals surface area contributed by atoms with Crippen LogP contribution in [0.1, 0.15) is 40.5 Å². The molecule has 0 saturated carbocycles. The first kappa shape index (κ1) is 21.0. The van der Waals surface area contributed by atoms with Gasteiger partial charge in [0.15, 0.2) is 0 Å². The number of carbonyl (C=O) groups excluding carboxylic acids is 2. The molecule has 2 heterocycles. The van der Waals surface area contributed by atoms with Crippen LogP contribution in [0.5, 0.6) is 0 Å². The van der Waals surface area contributed by atoms with Crippen LogP contribution in [0.2, 0.25) is 0 Å². The number of carboxylic acid groups (broad SMARTS) is 1. The zero-order valence-electron chi connectivity index (χ0n) is 16.2. The van der Waals surface area contributed by atoms with Crippen molar-refractivity contribution >= 4 is 29.5 Å². The molecule has 148 valence electrons. The number of rotatable bonds is 5. The number of nitrogens with zero attached hydrogens (tertiary/aromatic N) is 3. The van der Waals surface area contributed by atoms with Gasteiger partial charge in [0.05, 0.1) is 12.4 Å². The Morgan fingerprint density at radius 2 is 1.81 bits per heavy atom. The Kier molecular flexibility index (Phi) is 6.96. The van der Waals surface area contributed by atoms with E-state index in [4.69, 9.17) is 5.11 Å². The van der Waals surface area contributed by atoms with E-state index in [-0.39, 0.29) is 30.4 Å². The minimum atomic E-state index is -0.815. The molecule has 0 aromatic carbocycles. The normalized spacial score (nSPS) is 22.1. The van der Waals surface area contributed by atoms with Crippen molar-refractivity contribution in [1.29, 1.82) is 0 Å². The molecule has 0 radical (unpaired) electrons. The fraction of sp³-hybridized carbons (Fsp3) is 0.833. The molecule has 7 nitrogen and oxygen atoms in total. The van der Waals surface area contributed by atoms with E-state index in [2.05, 4.69) is 0 Å². The summed E-state index contributed by atoms with van der Waals surface area (Å²) in [5.74, 6) is 0.470. The van der Waals surface area contributed by atoms with Gasteiger partial charge in [-0.2, -0.15) is 0 Å². The average Bonchev–Trinajstić information content (AvgIpc) is 3.07. The SMILES string of the molecule is CCN(CC(=O)O)C1CCN(C(=O)C2CSCN2C(=O)C(C)(C)C)CC1. The molecule has 2 aliphatic rings. The van der Waals surface area contributed by atoms with Crippen molar-refractivity contribution in [2.24, 2.45) is 5.41 Å². The quantitative estimate of drug-likeness (QED) is 0.769. The van der Waals surface area contributed by atoms with Crippen molar-refractivity contribution in [3.8, 4) is 0 Å². The van der Waals surface area contributed by atoms with Crippen molar-refractivity contribution in [3.05, 3.63) is 0 Å². The van der Waals surface area contributed by atoms with E-state index in [9.17, 15) is 14.4 Å². The molecule has 1 unspecified atom stereocenters. The molecule has 2 rings (SSSR count). The molecule has 2 amide bonds. The van der Waals surface area contributed by atoms with E-state index in [1.807, 2.05) is 37.5 Å². The second-order valence-electron chi connectivity index (χ2n) is 8.05. The smallest absolute Gasteiger partial charge is 0.317 e. The molecular weight excluding hydrogens is 354 g/mol. The summed E-state index contributed by atoms with van der Waals surface area (Å²) in [6.45, 7) is 9.59. The number of hydrogen-bond donors (Lipinski definition) is 1. The van der Waals surface area contributed by atoms with Gasteiger partial charge in [-0.05, 0) is 19.4 Å². The monoisotopic (exact) mass is 385 g/mol. The van der Waals surface area contributed by atoms with Gasteiger partial charge in [0.25, 0.3) is 0 Å². The number of thioether (sulfide) groups is 1. The summed E-state index contributed by atoms with van der Waals surface area (Å²) in [6, 6.07) is -0.171. The van der Waals surface area contributed by atoms with Gasteiger partial charge in [-0.25, -0.2) is 0 Å². The summed E-state index contributed by atoms with van der Waals surface area (Å²) < 4.78 is 0. The van der Waals surface area contributed by atoms with E-state index >= 15 is 0 Å². The largest absolute Gasteiger partial charge is 0.480 e. The van der Waals surface area contributed by atoms with Crippen LogP contribution >= 0.6 is 11.8 Å². The molecule has 2 saturated heterocycles. The Labute approximate surface area is 160 Å². The Bertz CT molecular complexity index is 541. The van der Waals surface area contributed by atoms with E-state index in [1.54, 1.807) is 16.7 Å². The van der Waals surface area contributed by atoms with Crippen LogP contribution in [0.25, 0.3) is 0 Å². The molecule has 0 aliphatic carbocycles. The van der Waals surface area contributed by atoms with Crippen molar-refractivity contribution in [1.82, 2.24) is 14.7 Å². The van der Waals surface area contributed by atoms with E-state index in [1.165, 1.54) is 0 Å². The Balaban J connectivity index is 1.95. The number of carbonyl (C=O) groups is 3. The first-order valence-electron chi connectivity index (χ1n) is 9.28. The van der Waals surface area contributed by atoms with Gasteiger partial charge >= 0.3 is 5.97 Å².